The molecule has 2 aromatic carbocycles. The average molecular weight is 418 g/mol. The number of carbonyl (C=O) groups is 2. The van der Waals surface area contributed by atoms with Crippen LogP contribution in [0.1, 0.15) is 54.3 Å². The minimum atomic E-state index is -0.818. The Morgan fingerprint density at radius 1 is 1.07 bits per heavy atom. The van der Waals surface area contributed by atoms with Crippen molar-refractivity contribution in [1.29, 1.82) is 0 Å². The van der Waals surface area contributed by atoms with Gasteiger partial charge in [0.15, 0.2) is 0 Å². The van der Waals surface area contributed by atoms with Crippen LogP contribution in [0.25, 0.3) is 10.8 Å². The van der Waals surface area contributed by atoms with E-state index in [-0.39, 0.29) is 16.8 Å². The molecular formula is C20H20ClN3O5. The van der Waals surface area contributed by atoms with Gasteiger partial charge in [0, 0.05) is 36.0 Å². The maximum absolute atomic E-state index is 13.1. The zero-order chi connectivity index (χ0) is 21.1. The number of hydrogen-bond acceptors (Lipinski definition) is 6. The molecule has 2 aliphatic rings. The SMILES string of the molecule is CC(C)(C)ON1C(=O)c2cc([N+](=O)[O-])cc3c(N4CCCC4)c(Cl)cc(c23)C1=O. The summed E-state index contributed by atoms with van der Waals surface area (Å²) < 4.78 is 0. The lowest BCUT2D eigenvalue weighted by Gasteiger charge is -2.32. The third kappa shape index (κ3) is 3.22. The number of nitro benzene ring substituents is 1. The van der Waals surface area contributed by atoms with E-state index in [1.165, 1.54) is 18.2 Å². The zero-order valence-corrected chi connectivity index (χ0v) is 17.1. The van der Waals surface area contributed by atoms with E-state index in [2.05, 4.69) is 0 Å². The molecule has 152 valence electrons. The number of hydroxylamine groups is 2. The molecule has 0 N–H and O–H groups in total. The molecule has 2 amide bonds. The highest BCUT2D eigenvalue weighted by Gasteiger charge is 2.39. The molecule has 0 saturated carbocycles. The molecule has 0 radical (unpaired) electrons. The maximum atomic E-state index is 13.1. The topological polar surface area (TPSA) is 93.0 Å². The van der Waals surface area contributed by atoms with Crippen LogP contribution >= 0.6 is 11.6 Å². The Balaban J connectivity index is 2.03. The third-order valence-electron chi connectivity index (χ3n) is 4.97. The summed E-state index contributed by atoms with van der Waals surface area (Å²) in [5, 5.41) is 13.4. The van der Waals surface area contributed by atoms with E-state index in [0.717, 1.165) is 25.9 Å². The molecule has 0 atom stereocenters. The Hall–Kier alpha value is -2.71. The van der Waals surface area contributed by atoms with Gasteiger partial charge < -0.3 is 4.90 Å². The third-order valence-corrected chi connectivity index (χ3v) is 5.26. The lowest BCUT2D eigenvalue weighted by Crippen LogP contribution is -2.45. The van der Waals surface area contributed by atoms with Crippen molar-refractivity contribution in [2.24, 2.45) is 0 Å². The van der Waals surface area contributed by atoms with Crippen molar-refractivity contribution in [1.82, 2.24) is 5.06 Å². The number of nitrogens with zero attached hydrogens (tertiary/aromatic N) is 3. The highest BCUT2D eigenvalue weighted by molar-refractivity contribution is 6.37. The first-order valence-corrected chi connectivity index (χ1v) is 9.74. The minimum absolute atomic E-state index is 0.0603. The van der Waals surface area contributed by atoms with Gasteiger partial charge in [-0.3, -0.25) is 24.5 Å². The van der Waals surface area contributed by atoms with Crippen LogP contribution in [0.5, 0.6) is 0 Å². The summed E-state index contributed by atoms with van der Waals surface area (Å²) in [6, 6.07) is 4.12. The predicted molar refractivity (Wildman–Crippen MR) is 108 cm³/mol. The summed E-state index contributed by atoms with van der Waals surface area (Å²) in [7, 11) is 0. The lowest BCUT2D eigenvalue weighted by atomic mass is 9.92. The van der Waals surface area contributed by atoms with Gasteiger partial charge >= 0.3 is 0 Å². The molecule has 0 spiro atoms. The van der Waals surface area contributed by atoms with Gasteiger partial charge in [0.2, 0.25) is 0 Å². The summed E-state index contributed by atoms with van der Waals surface area (Å²) in [6.07, 6.45) is 1.96. The molecule has 29 heavy (non-hydrogen) atoms. The molecule has 0 aromatic heterocycles. The van der Waals surface area contributed by atoms with Gasteiger partial charge in [0.05, 0.1) is 32.4 Å². The van der Waals surface area contributed by atoms with Crippen LogP contribution < -0.4 is 4.90 Å². The van der Waals surface area contributed by atoms with Crippen LogP contribution in [-0.4, -0.2) is 40.5 Å². The van der Waals surface area contributed by atoms with Crippen LogP contribution in [0.3, 0.4) is 0 Å². The second kappa shape index (κ2) is 6.67. The second-order valence-corrected chi connectivity index (χ2v) is 8.64. The highest BCUT2D eigenvalue weighted by atomic mass is 35.5. The lowest BCUT2D eigenvalue weighted by molar-refractivity contribution is -0.384. The summed E-state index contributed by atoms with van der Waals surface area (Å²) >= 11 is 6.55. The van der Waals surface area contributed by atoms with Crippen LogP contribution in [-0.2, 0) is 4.84 Å². The van der Waals surface area contributed by atoms with Gasteiger partial charge in [0.1, 0.15) is 0 Å². The minimum Gasteiger partial charge on any atom is -0.370 e. The molecule has 4 rings (SSSR count). The number of benzene rings is 2. The first-order valence-electron chi connectivity index (χ1n) is 9.36. The van der Waals surface area contributed by atoms with Gasteiger partial charge in [-0.1, -0.05) is 11.6 Å². The van der Waals surface area contributed by atoms with Crippen LogP contribution in [0.2, 0.25) is 5.02 Å². The summed E-state index contributed by atoms with van der Waals surface area (Å²) in [4.78, 5) is 44.8. The van der Waals surface area contributed by atoms with E-state index in [9.17, 15) is 19.7 Å². The van der Waals surface area contributed by atoms with Gasteiger partial charge in [-0.25, -0.2) is 0 Å². The van der Waals surface area contributed by atoms with Crippen molar-refractivity contribution in [2.75, 3.05) is 18.0 Å². The number of imide groups is 1. The standard InChI is InChI=1S/C20H20ClN3O5/c1-20(2,3)29-23-18(25)13-9-11(24(27)28)8-12-16(13)14(19(23)26)10-15(21)17(12)22-6-4-5-7-22/h8-10H,4-7H2,1-3H3. The second-order valence-electron chi connectivity index (χ2n) is 8.23. The number of anilines is 1. The number of amides is 2. The summed E-state index contributed by atoms with van der Waals surface area (Å²) in [5.74, 6) is -1.35. The van der Waals surface area contributed by atoms with Gasteiger partial charge in [0.25, 0.3) is 17.5 Å². The van der Waals surface area contributed by atoms with E-state index in [4.69, 9.17) is 16.4 Å². The van der Waals surface area contributed by atoms with E-state index < -0.39 is 22.3 Å². The van der Waals surface area contributed by atoms with Crippen LogP contribution in [0, 0.1) is 10.1 Å². The zero-order valence-electron chi connectivity index (χ0n) is 16.3. The molecule has 0 bridgehead atoms. The van der Waals surface area contributed by atoms with Crippen molar-refractivity contribution >= 4 is 45.6 Å². The fourth-order valence-electron chi connectivity index (χ4n) is 3.87. The summed E-state index contributed by atoms with van der Waals surface area (Å²) in [6.45, 7) is 6.63. The first-order chi connectivity index (χ1) is 13.6. The fourth-order valence-corrected chi connectivity index (χ4v) is 4.20. The quantitative estimate of drug-likeness (QED) is 0.419. The van der Waals surface area contributed by atoms with Crippen LogP contribution in [0.4, 0.5) is 11.4 Å². The van der Waals surface area contributed by atoms with E-state index in [1.54, 1.807) is 20.8 Å². The normalized spacial score (nSPS) is 16.8. The molecule has 0 unspecified atom stereocenters. The Bertz CT molecular complexity index is 1070. The Labute approximate surface area is 172 Å². The average Bonchev–Trinajstić information content (AvgIpc) is 3.15. The Morgan fingerprint density at radius 3 is 2.21 bits per heavy atom. The number of carbonyl (C=O) groups excluding carboxylic acids is 2. The molecule has 2 aliphatic heterocycles. The predicted octanol–water partition coefficient (Wildman–Crippen LogP) is 4.33. The highest BCUT2D eigenvalue weighted by Crippen LogP contribution is 2.43. The van der Waals surface area contributed by atoms with Gasteiger partial charge in [-0.2, -0.15) is 0 Å². The van der Waals surface area contributed by atoms with Crippen molar-refractivity contribution in [3.05, 3.63) is 44.5 Å². The molecule has 1 saturated heterocycles. The van der Waals surface area contributed by atoms with E-state index >= 15 is 0 Å². The molecular weight excluding hydrogens is 398 g/mol. The maximum Gasteiger partial charge on any atom is 0.286 e. The molecule has 0 aliphatic carbocycles. The van der Waals surface area contributed by atoms with Crippen molar-refractivity contribution in [2.45, 2.75) is 39.2 Å². The van der Waals surface area contributed by atoms with E-state index in [0.29, 0.717) is 26.5 Å². The number of non-ortho nitro benzene ring substituents is 1. The van der Waals surface area contributed by atoms with E-state index in [1.807, 2.05) is 4.90 Å². The number of halogens is 1. The molecule has 2 heterocycles. The van der Waals surface area contributed by atoms with Crippen molar-refractivity contribution < 1.29 is 19.3 Å². The largest absolute Gasteiger partial charge is 0.370 e. The fraction of sp³-hybridized carbons (Fsp3) is 0.400. The van der Waals surface area contributed by atoms with Crippen LogP contribution in [0.15, 0.2) is 18.2 Å². The number of rotatable bonds is 3. The van der Waals surface area contributed by atoms with Gasteiger partial charge in [-0.15, -0.1) is 5.06 Å². The van der Waals surface area contributed by atoms with Crippen molar-refractivity contribution in [3.63, 3.8) is 0 Å². The summed E-state index contributed by atoms with van der Waals surface area (Å²) in [5.41, 5.74) is -0.174. The van der Waals surface area contributed by atoms with Gasteiger partial charge in [-0.05, 0) is 39.7 Å². The molecule has 9 heteroatoms. The number of hydrogen-bond donors (Lipinski definition) is 0. The molecule has 1 fully saturated rings. The smallest absolute Gasteiger partial charge is 0.286 e. The van der Waals surface area contributed by atoms with Crippen molar-refractivity contribution in [3.8, 4) is 0 Å². The first kappa shape index (κ1) is 19.6. The number of nitro groups is 1. The molecule has 8 nitrogen and oxygen atoms in total. The Kier molecular flexibility index (Phi) is 4.51. The monoisotopic (exact) mass is 417 g/mol. The molecule has 2 aromatic rings. The Morgan fingerprint density at radius 2 is 1.66 bits per heavy atom.